The van der Waals surface area contributed by atoms with Gasteiger partial charge in [0.05, 0.1) is 16.2 Å². The lowest BCUT2D eigenvalue weighted by molar-refractivity contribution is -0.114. The Morgan fingerprint density at radius 3 is 2.77 bits per heavy atom. The summed E-state index contributed by atoms with van der Waals surface area (Å²) < 4.78 is 31.8. The minimum atomic E-state index is -3.89. The molecule has 8 nitrogen and oxygen atoms in total. The van der Waals surface area contributed by atoms with E-state index >= 15 is 0 Å². The number of hydrogen-bond acceptors (Lipinski definition) is 4. The molecule has 1 aromatic carbocycles. The number of fused-ring (bicyclic) bond motifs is 1. The van der Waals surface area contributed by atoms with Gasteiger partial charge in [0.1, 0.15) is 5.82 Å². The van der Waals surface area contributed by atoms with Gasteiger partial charge in [-0.2, -0.15) is 18.2 Å². The van der Waals surface area contributed by atoms with Crippen LogP contribution in [-0.4, -0.2) is 35.2 Å². The molecule has 0 aliphatic carbocycles. The number of aryl methyl sites for hydroxylation is 2. The highest BCUT2D eigenvalue weighted by molar-refractivity contribution is 7.88. The average Bonchev–Trinajstić information content (AvgIpc) is 3.15. The van der Waals surface area contributed by atoms with E-state index in [1.807, 2.05) is 47.4 Å². The van der Waals surface area contributed by atoms with Crippen LogP contribution in [0.25, 0.3) is 22.8 Å². The van der Waals surface area contributed by atoms with Crippen molar-refractivity contribution in [3.05, 3.63) is 52.8 Å². The summed E-state index contributed by atoms with van der Waals surface area (Å²) >= 11 is 6.39. The molecule has 0 fully saturated rings. The summed E-state index contributed by atoms with van der Waals surface area (Å²) in [5.74, 6) is -0.0350. The van der Waals surface area contributed by atoms with Gasteiger partial charge in [-0.3, -0.25) is 14.0 Å². The van der Waals surface area contributed by atoms with E-state index in [2.05, 4.69) is 9.82 Å². The number of nitrogens with one attached hydrogen (secondary N) is 2. The lowest BCUT2D eigenvalue weighted by Gasteiger charge is -2.08. The van der Waals surface area contributed by atoms with Gasteiger partial charge in [0, 0.05) is 36.8 Å². The third-order valence-corrected chi connectivity index (χ3v) is 5.94. The topological polar surface area (TPSA) is 98.0 Å². The number of para-hydroxylation sites is 1. The summed E-state index contributed by atoms with van der Waals surface area (Å²) in [6, 6.07) is 7.69. The molecule has 0 aliphatic rings. The highest BCUT2D eigenvalue weighted by atomic mass is 35.5. The molecule has 30 heavy (non-hydrogen) atoms. The third kappa shape index (κ3) is 4.75. The number of halogens is 1. The number of amides is 1. The molecule has 2 N–H and O–H groups in total. The fourth-order valence-electron chi connectivity index (χ4n) is 3.20. The predicted octanol–water partition coefficient (Wildman–Crippen LogP) is 3.09. The molecule has 0 aliphatic heterocycles. The molecule has 3 rings (SSSR count). The molecule has 0 saturated heterocycles. The zero-order valence-corrected chi connectivity index (χ0v) is 18.6. The Kier molecular flexibility index (Phi) is 6.64. The number of hydrogen-bond donors (Lipinski definition) is 2. The zero-order valence-electron chi connectivity index (χ0n) is 17.0. The van der Waals surface area contributed by atoms with E-state index in [1.165, 1.54) is 6.08 Å². The lowest BCUT2D eigenvalue weighted by atomic mass is 10.2. The molecule has 0 spiro atoms. The van der Waals surface area contributed by atoms with Gasteiger partial charge in [0.15, 0.2) is 0 Å². The summed E-state index contributed by atoms with van der Waals surface area (Å²) in [5, 5.41) is 5.94. The Morgan fingerprint density at radius 1 is 1.30 bits per heavy atom. The SMILES string of the molecule is CCCCNS(=O)(=O)NC(=O)C=Cc1c(C)nn(C)c1-n1cc(Cl)c2ccccc21. The fraction of sp³-hybridized carbons (Fsp3) is 0.300. The fourth-order valence-corrected chi connectivity index (χ4v) is 4.28. The Labute approximate surface area is 180 Å². The maximum absolute atomic E-state index is 12.2. The Morgan fingerprint density at radius 2 is 2.03 bits per heavy atom. The lowest BCUT2D eigenvalue weighted by Crippen LogP contribution is -2.39. The van der Waals surface area contributed by atoms with E-state index in [0.29, 0.717) is 28.5 Å². The first-order chi connectivity index (χ1) is 14.2. The van der Waals surface area contributed by atoms with Crippen LogP contribution in [0.1, 0.15) is 31.0 Å². The van der Waals surface area contributed by atoms with Crippen LogP contribution < -0.4 is 9.44 Å². The van der Waals surface area contributed by atoms with Crippen LogP contribution >= 0.6 is 11.6 Å². The molecule has 2 aromatic heterocycles. The van der Waals surface area contributed by atoms with Crippen molar-refractivity contribution in [2.45, 2.75) is 26.7 Å². The van der Waals surface area contributed by atoms with E-state index < -0.39 is 16.1 Å². The largest absolute Gasteiger partial charge is 0.301 e. The standard InChI is InChI=1S/C20H24ClN5O3S/c1-4-5-12-22-30(28,29)24-19(27)11-10-15-14(2)23-25(3)20(15)26-13-17(21)16-8-6-7-9-18(16)26/h6-11,13,22H,4-5,12H2,1-3H3,(H,24,27). The maximum atomic E-state index is 12.2. The number of unbranched alkanes of at least 4 members (excludes halogenated alkanes) is 1. The van der Waals surface area contributed by atoms with E-state index in [0.717, 1.165) is 17.3 Å². The second kappa shape index (κ2) is 9.03. The highest BCUT2D eigenvalue weighted by Crippen LogP contribution is 2.30. The maximum Gasteiger partial charge on any atom is 0.301 e. The van der Waals surface area contributed by atoms with Gasteiger partial charge >= 0.3 is 10.2 Å². The molecular weight excluding hydrogens is 426 g/mol. The van der Waals surface area contributed by atoms with Gasteiger partial charge in [-0.1, -0.05) is 43.1 Å². The van der Waals surface area contributed by atoms with Crippen LogP contribution in [0.5, 0.6) is 0 Å². The second-order valence-corrected chi connectivity index (χ2v) is 8.77. The summed E-state index contributed by atoms with van der Waals surface area (Å²) in [6.07, 6.45) is 6.06. The monoisotopic (exact) mass is 449 g/mol. The van der Waals surface area contributed by atoms with Crippen molar-refractivity contribution < 1.29 is 13.2 Å². The number of nitrogens with zero attached hydrogens (tertiary/aromatic N) is 3. The van der Waals surface area contributed by atoms with Crippen LogP contribution in [0.15, 0.2) is 36.5 Å². The number of aromatic nitrogens is 3. The van der Waals surface area contributed by atoms with Gasteiger partial charge in [-0.25, -0.2) is 4.72 Å². The van der Waals surface area contributed by atoms with Crippen molar-refractivity contribution in [2.75, 3.05) is 6.54 Å². The van der Waals surface area contributed by atoms with Crippen molar-refractivity contribution in [3.63, 3.8) is 0 Å². The minimum Gasteiger partial charge on any atom is -0.299 e. The number of benzene rings is 1. The number of carbonyl (C=O) groups excluding carboxylic acids is 1. The van der Waals surface area contributed by atoms with Gasteiger partial charge < -0.3 is 0 Å². The molecule has 0 atom stereocenters. The molecule has 160 valence electrons. The molecule has 3 aromatic rings. The van der Waals surface area contributed by atoms with Crippen molar-refractivity contribution in [2.24, 2.45) is 7.05 Å². The van der Waals surface area contributed by atoms with Gasteiger partial charge in [-0.05, 0) is 25.5 Å². The van der Waals surface area contributed by atoms with Gasteiger partial charge in [-0.15, -0.1) is 0 Å². The van der Waals surface area contributed by atoms with Crippen LogP contribution in [0.4, 0.5) is 0 Å². The van der Waals surface area contributed by atoms with Gasteiger partial charge in [0.25, 0.3) is 5.91 Å². The Hall–Kier alpha value is -2.62. The Bertz CT molecular complexity index is 1210. The van der Waals surface area contributed by atoms with Crippen molar-refractivity contribution in [3.8, 4) is 5.82 Å². The predicted molar refractivity (Wildman–Crippen MR) is 119 cm³/mol. The first-order valence-electron chi connectivity index (χ1n) is 9.52. The van der Waals surface area contributed by atoms with Crippen LogP contribution in [0.2, 0.25) is 5.02 Å². The van der Waals surface area contributed by atoms with Crippen molar-refractivity contribution in [1.82, 2.24) is 23.8 Å². The Balaban J connectivity index is 1.90. The minimum absolute atomic E-state index is 0.274. The summed E-state index contributed by atoms with van der Waals surface area (Å²) in [6.45, 7) is 4.04. The molecule has 0 saturated carbocycles. The van der Waals surface area contributed by atoms with Crippen LogP contribution in [0, 0.1) is 6.92 Å². The molecule has 0 bridgehead atoms. The average molecular weight is 450 g/mol. The summed E-state index contributed by atoms with van der Waals surface area (Å²) in [5.41, 5.74) is 2.27. The quantitative estimate of drug-likeness (QED) is 0.408. The molecule has 10 heteroatoms. The summed E-state index contributed by atoms with van der Waals surface area (Å²) in [4.78, 5) is 12.2. The molecule has 0 unspecified atom stereocenters. The van der Waals surface area contributed by atoms with Crippen LogP contribution in [-0.2, 0) is 22.1 Å². The van der Waals surface area contributed by atoms with Crippen LogP contribution in [0.3, 0.4) is 0 Å². The molecular formula is C20H24ClN5O3S. The third-order valence-electron chi connectivity index (χ3n) is 4.59. The van der Waals surface area contributed by atoms with Crippen molar-refractivity contribution in [1.29, 1.82) is 0 Å². The zero-order chi connectivity index (χ0) is 21.9. The smallest absolute Gasteiger partial charge is 0.299 e. The molecule has 2 heterocycles. The van der Waals surface area contributed by atoms with Crippen molar-refractivity contribution >= 4 is 44.7 Å². The highest BCUT2D eigenvalue weighted by Gasteiger charge is 2.17. The van der Waals surface area contributed by atoms with E-state index in [1.54, 1.807) is 24.0 Å². The number of carbonyl (C=O) groups is 1. The number of rotatable bonds is 8. The van der Waals surface area contributed by atoms with E-state index in [9.17, 15) is 13.2 Å². The molecule has 0 radical (unpaired) electrons. The molecule has 1 amide bonds. The van der Waals surface area contributed by atoms with E-state index in [4.69, 9.17) is 11.6 Å². The van der Waals surface area contributed by atoms with E-state index in [-0.39, 0.29) is 6.54 Å². The first kappa shape index (κ1) is 22.1. The first-order valence-corrected chi connectivity index (χ1v) is 11.4. The second-order valence-electron chi connectivity index (χ2n) is 6.86. The normalized spacial score (nSPS) is 12.1. The van der Waals surface area contributed by atoms with Gasteiger partial charge in [0.2, 0.25) is 0 Å². The summed E-state index contributed by atoms with van der Waals surface area (Å²) in [7, 11) is -2.10.